The highest BCUT2D eigenvalue weighted by molar-refractivity contribution is 6.01. The zero-order chi connectivity index (χ0) is 20.4. The highest BCUT2D eigenvalue weighted by Crippen LogP contribution is 2.28. The third-order valence-corrected chi connectivity index (χ3v) is 5.48. The number of aromatic nitrogens is 3. The molecule has 7 nitrogen and oxygen atoms in total. The zero-order valence-corrected chi connectivity index (χ0v) is 16.4. The van der Waals surface area contributed by atoms with Crippen LogP contribution in [0, 0.1) is 6.92 Å². The lowest BCUT2D eigenvalue weighted by molar-refractivity contribution is -0.0845. The van der Waals surface area contributed by atoms with Gasteiger partial charge in [-0.05, 0) is 31.9 Å². The van der Waals surface area contributed by atoms with Gasteiger partial charge in [0.05, 0.1) is 18.2 Å². The highest BCUT2D eigenvalue weighted by atomic mass is 16.5. The summed E-state index contributed by atoms with van der Waals surface area (Å²) in [5.74, 6) is -1.01. The van der Waals surface area contributed by atoms with E-state index in [4.69, 9.17) is 4.74 Å². The summed E-state index contributed by atoms with van der Waals surface area (Å²) in [5.41, 5.74) is 2.18. The van der Waals surface area contributed by atoms with Crippen molar-refractivity contribution in [3.05, 3.63) is 59.5 Å². The minimum atomic E-state index is -1.01. The Kier molecular flexibility index (Phi) is 5.60. The van der Waals surface area contributed by atoms with Crippen molar-refractivity contribution < 1.29 is 19.7 Å². The standard InChI is InChI=1S/C22H25N3O4/c1-14-9-10-15(11-23-14)21(26)19(29-17-6-2-3-7-17)13-25-12-16-5-4-8-18(22(27)28)20(16)24-25/h4-5,8-12,17,19,21,26H,2-3,6-7,13H2,1H3,(H,27,28). The second kappa shape index (κ2) is 8.31. The number of nitrogens with zero attached hydrogens (tertiary/aromatic N) is 3. The second-order valence-electron chi connectivity index (χ2n) is 7.66. The molecule has 0 aliphatic heterocycles. The Bertz CT molecular complexity index is 993. The smallest absolute Gasteiger partial charge is 0.337 e. The molecule has 1 aromatic carbocycles. The molecular weight excluding hydrogens is 370 g/mol. The lowest BCUT2D eigenvalue weighted by Gasteiger charge is -2.26. The van der Waals surface area contributed by atoms with Gasteiger partial charge in [-0.2, -0.15) is 5.10 Å². The van der Waals surface area contributed by atoms with Crippen LogP contribution in [-0.2, 0) is 11.3 Å². The van der Waals surface area contributed by atoms with E-state index < -0.39 is 18.2 Å². The molecular formula is C22H25N3O4. The molecule has 1 saturated carbocycles. The van der Waals surface area contributed by atoms with Crippen molar-refractivity contribution in [3.8, 4) is 0 Å². The van der Waals surface area contributed by atoms with E-state index in [2.05, 4.69) is 10.1 Å². The van der Waals surface area contributed by atoms with Crippen LogP contribution in [0.2, 0.25) is 0 Å². The van der Waals surface area contributed by atoms with Crippen LogP contribution in [0.4, 0.5) is 0 Å². The Morgan fingerprint density at radius 2 is 2.07 bits per heavy atom. The second-order valence-corrected chi connectivity index (χ2v) is 7.66. The van der Waals surface area contributed by atoms with E-state index in [1.54, 1.807) is 29.2 Å². The van der Waals surface area contributed by atoms with Crippen molar-refractivity contribution in [1.82, 2.24) is 14.8 Å². The van der Waals surface area contributed by atoms with E-state index in [0.717, 1.165) is 36.8 Å². The summed E-state index contributed by atoms with van der Waals surface area (Å²) in [6.45, 7) is 2.22. The summed E-state index contributed by atoms with van der Waals surface area (Å²) in [5, 5.41) is 25.6. The molecule has 0 amide bonds. The third-order valence-electron chi connectivity index (χ3n) is 5.48. The maximum Gasteiger partial charge on any atom is 0.337 e. The lowest BCUT2D eigenvalue weighted by atomic mass is 10.1. The van der Waals surface area contributed by atoms with E-state index in [0.29, 0.717) is 17.6 Å². The SMILES string of the molecule is Cc1ccc(C(O)C(Cn2cc3cccc(C(=O)O)c3n2)OC2CCCC2)cn1. The number of rotatable bonds is 7. The van der Waals surface area contributed by atoms with Crippen LogP contribution in [0.25, 0.3) is 10.9 Å². The minimum absolute atomic E-state index is 0.118. The Morgan fingerprint density at radius 1 is 1.28 bits per heavy atom. The molecule has 1 aliphatic rings. The number of fused-ring (bicyclic) bond motifs is 1. The Hall–Kier alpha value is -2.77. The average Bonchev–Trinajstić information content (AvgIpc) is 3.36. The quantitative estimate of drug-likeness (QED) is 0.635. The fraction of sp³-hybridized carbons (Fsp3) is 0.409. The summed E-state index contributed by atoms with van der Waals surface area (Å²) >= 11 is 0. The molecule has 0 spiro atoms. The number of hydrogen-bond acceptors (Lipinski definition) is 5. The van der Waals surface area contributed by atoms with Gasteiger partial charge in [0, 0.05) is 29.0 Å². The Labute approximate surface area is 169 Å². The van der Waals surface area contributed by atoms with Gasteiger partial charge in [0.25, 0.3) is 0 Å². The van der Waals surface area contributed by atoms with Crippen LogP contribution in [0.5, 0.6) is 0 Å². The molecule has 2 unspecified atom stereocenters. The van der Waals surface area contributed by atoms with Crippen molar-refractivity contribution in [1.29, 1.82) is 0 Å². The molecule has 4 rings (SSSR count). The van der Waals surface area contributed by atoms with E-state index in [9.17, 15) is 15.0 Å². The van der Waals surface area contributed by atoms with E-state index >= 15 is 0 Å². The first kappa shape index (κ1) is 19.5. The number of hydrogen-bond donors (Lipinski definition) is 2. The molecule has 2 atom stereocenters. The van der Waals surface area contributed by atoms with Gasteiger partial charge in [-0.1, -0.05) is 31.0 Å². The van der Waals surface area contributed by atoms with Crippen LogP contribution >= 0.6 is 0 Å². The molecule has 0 bridgehead atoms. The number of carbonyl (C=O) groups is 1. The van der Waals surface area contributed by atoms with Crippen molar-refractivity contribution in [2.75, 3.05) is 0 Å². The van der Waals surface area contributed by atoms with Crippen LogP contribution in [0.1, 0.15) is 53.4 Å². The first-order valence-corrected chi connectivity index (χ1v) is 9.97. The fourth-order valence-electron chi connectivity index (χ4n) is 3.90. The van der Waals surface area contributed by atoms with Gasteiger partial charge in [0.1, 0.15) is 17.7 Å². The number of aryl methyl sites for hydroxylation is 1. The predicted molar refractivity (Wildman–Crippen MR) is 108 cm³/mol. The fourth-order valence-corrected chi connectivity index (χ4v) is 3.90. The molecule has 29 heavy (non-hydrogen) atoms. The Morgan fingerprint density at radius 3 is 2.76 bits per heavy atom. The van der Waals surface area contributed by atoms with Gasteiger partial charge in [0.15, 0.2) is 0 Å². The number of ether oxygens (including phenoxy) is 1. The van der Waals surface area contributed by atoms with Crippen molar-refractivity contribution >= 4 is 16.9 Å². The lowest BCUT2D eigenvalue weighted by Crippen LogP contribution is -2.31. The number of carboxylic acid groups (broad SMARTS) is 1. The number of benzene rings is 1. The van der Waals surface area contributed by atoms with Gasteiger partial charge in [-0.25, -0.2) is 4.79 Å². The van der Waals surface area contributed by atoms with Gasteiger partial charge in [-0.15, -0.1) is 0 Å². The van der Waals surface area contributed by atoms with Crippen LogP contribution in [0.3, 0.4) is 0 Å². The van der Waals surface area contributed by atoms with Crippen molar-refractivity contribution in [3.63, 3.8) is 0 Å². The van der Waals surface area contributed by atoms with Gasteiger partial charge in [-0.3, -0.25) is 9.67 Å². The molecule has 2 aromatic heterocycles. The number of pyridine rings is 1. The molecule has 0 radical (unpaired) electrons. The topological polar surface area (TPSA) is 97.5 Å². The third kappa shape index (κ3) is 4.31. The summed E-state index contributed by atoms with van der Waals surface area (Å²) in [7, 11) is 0. The van der Waals surface area contributed by atoms with Gasteiger partial charge >= 0.3 is 5.97 Å². The predicted octanol–water partition coefficient (Wildman–Crippen LogP) is 3.50. The molecule has 1 fully saturated rings. The molecule has 0 saturated heterocycles. The monoisotopic (exact) mass is 395 g/mol. The van der Waals surface area contributed by atoms with Crippen LogP contribution in [-0.4, -0.2) is 43.2 Å². The number of carboxylic acids is 1. The minimum Gasteiger partial charge on any atom is -0.478 e. The summed E-state index contributed by atoms with van der Waals surface area (Å²) < 4.78 is 7.95. The summed E-state index contributed by atoms with van der Waals surface area (Å²) in [6.07, 6.45) is 6.47. The van der Waals surface area contributed by atoms with Crippen LogP contribution in [0.15, 0.2) is 42.7 Å². The summed E-state index contributed by atoms with van der Waals surface area (Å²) in [4.78, 5) is 15.8. The highest BCUT2D eigenvalue weighted by Gasteiger charge is 2.28. The average molecular weight is 395 g/mol. The van der Waals surface area contributed by atoms with Crippen LogP contribution < -0.4 is 0 Å². The van der Waals surface area contributed by atoms with Gasteiger partial charge < -0.3 is 14.9 Å². The molecule has 3 aromatic rings. The van der Waals surface area contributed by atoms with Crippen molar-refractivity contribution in [2.24, 2.45) is 0 Å². The van der Waals surface area contributed by atoms with E-state index in [1.165, 1.54) is 0 Å². The number of aliphatic hydroxyl groups is 1. The van der Waals surface area contributed by atoms with E-state index in [-0.39, 0.29) is 11.7 Å². The van der Waals surface area contributed by atoms with Gasteiger partial charge in [0.2, 0.25) is 0 Å². The number of aromatic carboxylic acids is 1. The molecule has 7 heteroatoms. The largest absolute Gasteiger partial charge is 0.478 e. The molecule has 2 N–H and O–H groups in total. The summed E-state index contributed by atoms with van der Waals surface area (Å²) in [6, 6.07) is 8.81. The molecule has 1 aliphatic carbocycles. The maximum atomic E-state index is 11.5. The first-order valence-electron chi connectivity index (χ1n) is 9.97. The van der Waals surface area contributed by atoms with E-state index in [1.807, 2.05) is 25.1 Å². The maximum absolute atomic E-state index is 11.5. The first-order chi connectivity index (χ1) is 14.0. The number of aliphatic hydroxyl groups excluding tert-OH is 1. The zero-order valence-electron chi connectivity index (χ0n) is 16.4. The molecule has 2 heterocycles. The van der Waals surface area contributed by atoms with Crippen molar-refractivity contribution in [2.45, 2.75) is 57.5 Å². The Balaban J connectivity index is 1.62. The normalized spacial score (nSPS) is 16.9. The molecule has 152 valence electrons.